The summed E-state index contributed by atoms with van der Waals surface area (Å²) in [6, 6.07) is 10.3. The molecule has 0 aliphatic carbocycles. The van der Waals surface area contributed by atoms with E-state index in [1.54, 1.807) is 30.6 Å². The number of likely N-dealkylation sites (tertiary alicyclic amines) is 2. The standard InChI is InChI=1S/C25H32N4O2/c1-2-4-22-19-15-20(23-5-3-6-24(30)29(22)23)17-28(16-19)21-9-13-27(14-10-21)25(31)18-7-11-26-12-8-18/h3,5-8,11-12,19-22H,2,4,9-10,13-17H2,1H3/t19-,20+,22-/m0/s1. The highest BCUT2D eigenvalue weighted by Crippen LogP contribution is 2.43. The first-order valence-corrected chi connectivity index (χ1v) is 11.8. The van der Waals surface area contributed by atoms with E-state index >= 15 is 0 Å². The van der Waals surface area contributed by atoms with Gasteiger partial charge in [0.25, 0.3) is 11.5 Å². The predicted octanol–water partition coefficient (Wildman–Crippen LogP) is 3.31. The van der Waals surface area contributed by atoms with Crippen LogP contribution in [0.25, 0.3) is 0 Å². The highest BCUT2D eigenvalue weighted by molar-refractivity contribution is 5.94. The minimum Gasteiger partial charge on any atom is -0.339 e. The third-order valence-electron chi connectivity index (χ3n) is 7.61. The van der Waals surface area contributed by atoms with Crippen LogP contribution >= 0.6 is 0 Å². The molecule has 2 aromatic heterocycles. The van der Waals surface area contributed by atoms with E-state index in [1.165, 1.54) is 12.1 Å². The van der Waals surface area contributed by atoms with Gasteiger partial charge in [-0.25, -0.2) is 0 Å². The number of nitrogens with zero attached hydrogens (tertiary/aromatic N) is 4. The number of carbonyl (C=O) groups excluding carboxylic acids is 1. The maximum atomic E-state index is 12.8. The number of piperidine rings is 2. The maximum Gasteiger partial charge on any atom is 0.253 e. The monoisotopic (exact) mass is 420 g/mol. The fraction of sp³-hybridized carbons (Fsp3) is 0.560. The molecule has 2 aromatic rings. The summed E-state index contributed by atoms with van der Waals surface area (Å²) in [7, 11) is 0. The Bertz CT molecular complexity index is 981. The lowest BCUT2D eigenvalue weighted by molar-refractivity contribution is 0.0285. The molecule has 6 nitrogen and oxygen atoms in total. The third-order valence-corrected chi connectivity index (χ3v) is 7.61. The molecule has 1 amide bonds. The van der Waals surface area contributed by atoms with Crippen LogP contribution < -0.4 is 5.56 Å². The number of amides is 1. The zero-order valence-electron chi connectivity index (χ0n) is 18.3. The molecule has 164 valence electrons. The van der Waals surface area contributed by atoms with Crippen molar-refractivity contribution in [1.82, 2.24) is 19.4 Å². The number of fused-ring (bicyclic) bond motifs is 4. The first kappa shape index (κ1) is 20.4. The van der Waals surface area contributed by atoms with Crippen LogP contribution in [0.4, 0.5) is 0 Å². The van der Waals surface area contributed by atoms with Crippen molar-refractivity contribution in [2.45, 2.75) is 57.0 Å². The fourth-order valence-corrected chi connectivity index (χ4v) is 6.15. The summed E-state index contributed by atoms with van der Waals surface area (Å²) < 4.78 is 2.12. The van der Waals surface area contributed by atoms with Gasteiger partial charge in [0.1, 0.15) is 0 Å². The second kappa shape index (κ2) is 8.58. The molecule has 3 atom stereocenters. The Balaban J connectivity index is 1.29. The summed E-state index contributed by atoms with van der Waals surface area (Å²) in [4.78, 5) is 34.2. The van der Waals surface area contributed by atoms with Crippen LogP contribution in [0.15, 0.2) is 47.5 Å². The molecule has 0 radical (unpaired) electrons. The molecule has 0 aromatic carbocycles. The molecule has 5 rings (SSSR count). The molecule has 0 saturated carbocycles. The van der Waals surface area contributed by atoms with Crippen LogP contribution in [-0.2, 0) is 0 Å². The Kier molecular flexibility index (Phi) is 5.65. The van der Waals surface area contributed by atoms with Crippen molar-refractivity contribution in [2.75, 3.05) is 26.2 Å². The first-order chi connectivity index (χ1) is 15.2. The van der Waals surface area contributed by atoms with Gasteiger partial charge in [-0.15, -0.1) is 0 Å². The van der Waals surface area contributed by atoms with E-state index in [0.717, 1.165) is 57.4 Å². The number of hydrogen-bond acceptors (Lipinski definition) is 4. The Morgan fingerprint density at radius 3 is 2.61 bits per heavy atom. The average Bonchev–Trinajstić information content (AvgIpc) is 2.82. The van der Waals surface area contributed by atoms with Crippen molar-refractivity contribution in [3.8, 4) is 0 Å². The lowest BCUT2D eigenvalue weighted by atomic mass is 9.76. The summed E-state index contributed by atoms with van der Waals surface area (Å²) in [6.07, 6.45) is 8.78. The number of pyridine rings is 2. The summed E-state index contributed by atoms with van der Waals surface area (Å²) >= 11 is 0. The van der Waals surface area contributed by atoms with Gasteiger partial charge in [0.2, 0.25) is 0 Å². The Morgan fingerprint density at radius 1 is 1.10 bits per heavy atom. The molecule has 0 N–H and O–H groups in total. The van der Waals surface area contributed by atoms with Crippen molar-refractivity contribution in [1.29, 1.82) is 0 Å². The van der Waals surface area contributed by atoms with E-state index in [4.69, 9.17) is 0 Å². The van der Waals surface area contributed by atoms with Crippen LogP contribution in [0, 0.1) is 5.92 Å². The van der Waals surface area contributed by atoms with Crippen molar-refractivity contribution < 1.29 is 4.79 Å². The molecule has 5 heterocycles. The summed E-state index contributed by atoms with van der Waals surface area (Å²) in [6.45, 7) is 5.95. The predicted molar refractivity (Wildman–Crippen MR) is 120 cm³/mol. The van der Waals surface area contributed by atoms with E-state index in [0.29, 0.717) is 23.9 Å². The van der Waals surface area contributed by atoms with Gasteiger partial charge in [0.05, 0.1) is 0 Å². The minimum absolute atomic E-state index is 0.118. The minimum atomic E-state index is 0.118. The van der Waals surface area contributed by atoms with Crippen molar-refractivity contribution in [2.24, 2.45) is 5.92 Å². The van der Waals surface area contributed by atoms with E-state index in [1.807, 2.05) is 11.0 Å². The smallest absolute Gasteiger partial charge is 0.253 e. The second-order valence-electron chi connectivity index (χ2n) is 9.42. The molecule has 3 aliphatic heterocycles. The Hall–Kier alpha value is -2.47. The van der Waals surface area contributed by atoms with Crippen LogP contribution in [0.1, 0.15) is 67.0 Å². The van der Waals surface area contributed by atoms with Gasteiger partial charge in [-0.2, -0.15) is 0 Å². The number of aromatic nitrogens is 2. The summed E-state index contributed by atoms with van der Waals surface area (Å²) in [5.41, 5.74) is 2.13. The van der Waals surface area contributed by atoms with E-state index in [2.05, 4.69) is 27.4 Å². The van der Waals surface area contributed by atoms with Gasteiger partial charge >= 0.3 is 0 Å². The first-order valence-electron chi connectivity index (χ1n) is 11.8. The summed E-state index contributed by atoms with van der Waals surface area (Å²) in [5.74, 6) is 1.10. The van der Waals surface area contributed by atoms with Gasteiger partial charge in [-0.3, -0.25) is 19.5 Å². The SMILES string of the molecule is CCC[C@H]1[C@H]2C[C@H](CN(C3CCN(C(=O)c4ccncc4)CC3)C2)c2cccc(=O)n21. The normalized spacial score (nSPS) is 26.5. The zero-order valence-corrected chi connectivity index (χ0v) is 18.3. The second-order valence-corrected chi connectivity index (χ2v) is 9.42. The van der Waals surface area contributed by atoms with Crippen LogP contribution in [0.3, 0.4) is 0 Å². The van der Waals surface area contributed by atoms with Crippen molar-refractivity contribution in [3.63, 3.8) is 0 Å². The van der Waals surface area contributed by atoms with Crippen molar-refractivity contribution >= 4 is 5.91 Å². The van der Waals surface area contributed by atoms with Crippen LogP contribution in [-0.4, -0.2) is 57.5 Å². The zero-order chi connectivity index (χ0) is 21.4. The Morgan fingerprint density at radius 2 is 1.87 bits per heavy atom. The van der Waals surface area contributed by atoms with Gasteiger partial charge in [0.15, 0.2) is 0 Å². The molecule has 2 saturated heterocycles. The third kappa shape index (κ3) is 3.82. The van der Waals surface area contributed by atoms with Gasteiger partial charge in [-0.1, -0.05) is 19.4 Å². The lowest BCUT2D eigenvalue weighted by Crippen LogP contribution is -2.54. The van der Waals surface area contributed by atoms with Gasteiger partial charge < -0.3 is 9.47 Å². The van der Waals surface area contributed by atoms with Crippen molar-refractivity contribution in [3.05, 3.63) is 64.3 Å². The quantitative estimate of drug-likeness (QED) is 0.762. The molecular weight excluding hydrogens is 388 g/mol. The molecule has 2 bridgehead atoms. The molecule has 6 heteroatoms. The number of hydrogen-bond donors (Lipinski definition) is 0. The van der Waals surface area contributed by atoms with Crippen LogP contribution in [0.2, 0.25) is 0 Å². The van der Waals surface area contributed by atoms with E-state index in [9.17, 15) is 9.59 Å². The molecule has 3 aliphatic rings. The highest BCUT2D eigenvalue weighted by Gasteiger charge is 2.42. The lowest BCUT2D eigenvalue weighted by Gasteiger charge is -2.50. The topological polar surface area (TPSA) is 58.4 Å². The number of rotatable bonds is 4. The molecule has 31 heavy (non-hydrogen) atoms. The molecule has 0 spiro atoms. The van der Waals surface area contributed by atoms with E-state index < -0.39 is 0 Å². The Labute approximate surface area is 183 Å². The average molecular weight is 421 g/mol. The van der Waals surface area contributed by atoms with E-state index in [-0.39, 0.29) is 11.5 Å². The molecular formula is C25H32N4O2. The molecule has 0 unspecified atom stereocenters. The fourth-order valence-electron chi connectivity index (χ4n) is 6.15. The summed E-state index contributed by atoms with van der Waals surface area (Å²) in [5, 5.41) is 0. The van der Waals surface area contributed by atoms with Gasteiger partial charge in [-0.05, 0) is 49.8 Å². The molecule has 2 fully saturated rings. The maximum absolute atomic E-state index is 12.8. The van der Waals surface area contributed by atoms with Crippen LogP contribution in [0.5, 0.6) is 0 Å². The largest absolute Gasteiger partial charge is 0.339 e. The van der Waals surface area contributed by atoms with Gasteiger partial charge in [0, 0.05) is 73.9 Å². The number of carbonyl (C=O) groups is 1. The highest BCUT2D eigenvalue weighted by atomic mass is 16.2.